The molecule has 0 rings (SSSR count). The van der Waals surface area contributed by atoms with Gasteiger partial charge in [-0.2, -0.15) is 0 Å². The average molecular weight is 205 g/mol. The van der Waals surface area contributed by atoms with Crippen molar-refractivity contribution < 1.29 is 8.85 Å². The van der Waals surface area contributed by atoms with Gasteiger partial charge in [0.1, 0.15) is 0 Å². The molecule has 0 aliphatic heterocycles. The molecule has 0 saturated carbocycles. The van der Waals surface area contributed by atoms with E-state index in [4.69, 9.17) is 8.85 Å². The quantitative estimate of drug-likeness (QED) is 0.484. The molecule has 0 radical (unpaired) electrons. The van der Waals surface area contributed by atoms with E-state index in [0.717, 1.165) is 19.1 Å². The van der Waals surface area contributed by atoms with Crippen LogP contribution in [-0.4, -0.2) is 35.9 Å². The van der Waals surface area contributed by atoms with E-state index in [9.17, 15) is 0 Å². The van der Waals surface area contributed by atoms with Crippen LogP contribution in [0.4, 0.5) is 0 Å². The van der Waals surface area contributed by atoms with Gasteiger partial charge in [-0.3, -0.25) is 0 Å². The maximum Gasteiger partial charge on any atom is 0.335 e. The Morgan fingerprint density at radius 1 is 1.15 bits per heavy atom. The van der Waals surface area contributed by atoms with Crippen LogP contribution in [0.3, 0.4) is 0 Å². The van der Waals surface area contributed by atoms with E-state index in [1.165, 1.54) is 12.8 Å². The smallest absolute Gasteiger partial charge is 0.335 e. The Labute approximate surface area is 83.1 Å². The number of hydrogen-bond acceptors (Lipinski definition) is 3. The monoisotopic (exact) mass is 205 g/mol. The predicted octanol–water partition coefficient (Wildman–Crippen LogP) is 1.74. The second-order valence-electron chi connectivity index (χ2n) is 3.40. The van der Waals surface area contributed by atoms with Gasteiger partial charge in [-0.15, -0.1) is 0 Å². The van der Waals surface area contributed by atoms with Crippen molar-refractivity contribution >= 4 is 8.56 Å². The van der Waals surface area contributed by atoms with Crippen molar-refractivity contribution in [1.82, 2.24) is 5.32 Å². The van der Waals surface area contributed by atoms with Crippen LogP contribution >= 0.6 is 0 Å². The van der Waals surface area contributed by atoms with Gasteiger partial charge in [0.25, 0.3) is 0 Å². The summed E-state index contributed by atoms with van der Waals surface area (Å²) in [4.78, 5) is 0. The first-order valence-corrected chi connectivity index (χ1v) is 7.52. The van der Waals surface area contributed by atoms with Crippen LogP contribution in [0.5, 0.6) is 0 Å². The molecule has 0 bridgehead atoms. The minimum atomic E-state index is -1.82. The molecule has 0 saturated heterocycles. The van der Waals surface area contributed by atoms with E-state index in [1.807, 2.05) is 0 Å². The first-order valence-electron chi connectivity index (χ1n) is 4.99. The molecule has 0 aromatic heterocycles. The molecule has 0 aromatic carbocycles. The van der Waals surface area contributed by atoms with E-state index < -0.39 is 8.56 Å². The van der Waals surface area contributed by atoms with E-state index in [1.54, 1.807) is 14.2 Å². The highest BCUT2D eigenvalue weighted by Crippen LogP contribution is 2.09. The van der Waals surface area contributed by atoms with Crippen molar-refractivity contribution in [3.63, 3.8) is 0 Å². The molecule has 0 spiro atoms. The minimum absolute atomic E-state index is 1.00. The molecule has 13 heavy (non-hydrogen) atoms. The third-order valence-corrected chi connectivity index (χ3v) is 5.21. The molecule has 0 aromatic rings. The number of unbranched alkanes of at least 4 members (excludes halogenated alkanes) is 1. The van der Waals surface area contributed by atoms with Gasteiger partial charge in [-0.05, 0) is 26.1 Å². The highest BCUT2D eigenvalue weighted by atomic mass is 28.4. The Morgan fingerprint density at radius 2 is 1.77 bits per heavy atom. The van der Waals surface area contributed by atoms with Gasteiger partial charge in [0.2, 0.25) is 0 Å². The number of hydrogen-bond donors (Lipinski definition) is 1. The van der Waals surface area contributed by atoms with Crippen LogP contribution in [0.25, 0.3) is 0 Å². The zero-order valence-electron chi connectivity index (χ0n) is 9.35. The molecule has 0 atom stereocenters. The van der Waals surface area contributed by atoms with Crippen molar-refractivity contribution in [2.75, 3.05) is 27.3 Å². The van der Waals surface area contributed by atoms with Crippen LogP contribution in [-0.2, 0) is 8.85 Å². The SMILES string of the molecule is CCCCNCC[Si](C)(OC)OC. The van der Waals surface area contributed by atoms with E-state index in [-0.39, 0.29) is 0 Å². The van der Waals surface area contributed by atoms with Gasteiger partial charge in [0.05, 0.1) is 0 Å². The standard InChI is InChI=1S/C9H23NO2Si/c1-5-6-7-10-8-9-13(4,11-2)12-3/h10H,5-9H2,1-4H3. The minimum Gasteiger partial charge on any atom is -0.398 e. The largest absolute Gasteiger partial charge is 0.398 e. The maximum atomic E-state index is 5.37. The predicted molar refractivity (Wildman–Crippen MR) is 58.2 cm³/mol. The fraction of sp³-hybridized carbons (Fsp3) is 1.00. The Hall–Kier alpha value is 0.0969. The van der Waals surface area contributed by atoms with Crippen LogP contribution in [0.15, 0.2) is 0 Å². The zero-order chi connectivity index (χ0) is 10.2. The molecule has 1 N–H and O–H groups in total. The fourth-order valence-electron chi connectivity index (χ4n) is 1.03. The fourth-order valence-corrected chi connectivity index (χ4v) is 2.24. The summed E-state index contributed by atoms with van der Waals surface area (Å²) >= 11 is 0. The molecular weight excluding hydrogens is 182 g/mol. The summed E-state index contributed by atoms with van der Waals surface area (Å²) in [6.07, 6.45) is 2.49. The molecule has 0 aliphatic carbocycles. The first kappa shape index (κ1) is 13.1. The molecular formula is C9H23NO2Si. The van der Waals surface area contributed by atoms with Gasteiger partial charge in [0, 0.05) is 20.3 Å². The normalized spacial score (nSPS) is 12.0. The average Bonchev–Trinajstić information content (AvgIpc) is 2.17. The molecule has 0 fully saturated rings. The molecule has 0 heterocycles. The van der Waals surface area contributed by atoms with Gasteiger partial charge in [-0.25, -0.2) is 0 Å². The number of nitrogens with one attached hydrogen (secondary N) is 1. The van der Waals surface area contributed by atoms with Gasteiger partial charge in [-0.1, -0.05) is 13.3 Å². The number of rotatable bonds is 8. The molecule has 0 amide bonds. The lowest BCUT2D eigenvalue weighted by Gasteiger charge is -2.22. The van der Waals surface area contributed by atoms with Crippen LogP contribution < -0.4 is 5.32 Å². The third-order valence-electron chi connectivity index (χ3n) is 2.33. The van der Waals surface area contributed by atoms with Crippen molar-refractivity contribution in [2.24, 2.45) is 0 Å². The lowest BCUT2D eigenvalue weighted by atomic mass is 10.3. The summed E-state index contributed by atoms with van der Waals surface area (Å²) in [5.41, 5.74) is 0. The lowest BCUT2D eigenvalue weighted by molar-refractivity contribution is 0.249. The second kappa shape index (κ2) is 7.50. The summed E-state index contributed by atoms with van der Waals surface area (Å²) in [7, 11) is 1.66. The Morgan fingerprint density at radius 3 is 2.23 bits per heavy atom. The van der Waals surface area contributed by atoms with Gasteiger partial charge in [0.15, 0.2) is 0 Å². The molecule has 0 aliphatic rings. The molecule has 0 unspecified atom stereocenters. The molecule has 3 nitrogen and oxygen atoms in total. The Kier molecular flexibility index (Phi) is 7.55. The van der Waals surface area contributed by atoms with Crippen molar-refractivity contribution in [3.05, 3.63) is 0 Å². The van der Waals surface area contributed by atoms with Crippen molar-refractivity contribution in [1.29, 1.82) is 0 Å². The van der Waals surface area contributed by atoms with Crippen molar-refractivity contribution in [3.8, 4) is 0 Å². The van der Waals surface area contributed by atoms with Crippen LogP contribution in [0.2, 0.25) is 12.6 Å². The Bertz CT molecular complexity index is 118. The Balaban J connectivity index is 3.39. The van der Waals surface area contributed by atoms with E-state index >= 15 is 0 Å². The van der Waals surface area contributed by atoms with Gasteiger partial charge >= 0.3 is 8.56 Å². The van der Waals surface area contributed by atoms with E-state index in [2.05, 4.69) is 18.8 Å². The summed E-state index contributed by atoms with van der Waals surface area (Å²) in [6, 6.07) is 1.02. The maximum absolute atomic E-state index is 5.37. The zero-order valence-corrected chi connectivity index (χ0v) is 10.4. The highest BCUT2D eigenvalue weighted by molar-refractivity contribution is 6.66. The first-order chi connectivity index (χ1) is 6.18. The van der Waals surface area contributed by atoms with Crippen LogP contribution in [0, 0.1) is 0 Å². The summed E-state index contributed by atoms with van der Waals surface area (Å²) in [5.74, 6) is 0. The second-order valence-corrected chi connectivity index (χ2v) is 6.98. The summed E-state index contributed by atoms with van der Waals surface area (Å²) < 4.78 is 10.7. The lowest BCUT2D eigenvalue weighted by Crippen LogP contribution is -2.39. The summed E-state index contributed by atoms with van der Waals surface area (Å²) in [6.45, 7) is 6.40. The van der Waals surface area contributed by atoms with Gasteiger partial charge < -0.3 is 14.2 Å². The van der Waals surface area contributed by atoms with Crippen molar-refractivity contribution in [2.45, 2.75) is 32.4 Å². The summed E-state index contributed by atoms with van der Waals surface area (Å²) in [5, 5.41) is 3.39. The van der Waals surface area contributed by atoms with Crippen LogP contribution in [0.1, 0.15) is 19.8 Å². The topological polar surface area (TPSA) is 30.5 Å². The molecule has 80 valence electrons. The van der Waals surface area contributed by atoms with E-state index in [0.29, 0.717) is 0 Å². The third kappa shape index (κ3) is 6.21. The highest BCUT2D eigenvalue weighted by Gasteiger charge is 2.27. The molecule has 4 heteroatoms.